The second kappa shape index (κ2) is 13.4. The van der Waals surface area contributed by atoms with Gasteiger partial charge >= 0.3 is 5.97 Å². The van der Waals surface area contributed by atoms with Gasteiger partial charge in [0.25, 0.3) is 0 Å². The summed E-state index contributed by atoms with van der Waals surface area (Å²) >= 11 is 0. The van der Waals surface area contributed by atoms with E-state index in [9.17, 15) is 14.7 Å². The van der Waals surface area contributed by atoms with E-state index in [-0.39, 0.29) is 17.9 Å². The van der Waals surface area contributed by atoms with Crippen molar-refractivity contribution in [1.82, 2.24) is 4.90 Å². The molecule has 5 heteroatoms. The first kappa shape index (κ1) is 22.2. The Balaban J connectivity index is 2.29. The molecule has 5 nitrogen and oxygen atoms in total. The molecule has 0 aromatic carbocycles. The van der Waals surface area contributed by atoms with Crippen LogP contribution in [-0.4, -0.2) is 47.7 Å². The second-order valence-corrected chi connectivity index (χ2v) is 6.63. The van der Waals surface area contributed by atoms with Crippen LogP contribution in [0.25, 0.3) is 0 Å². The number of carbonyl (C=O) groups is 2. The third kappa shape index (κ3) is 9.05. The van der Waals surface area contributed by atoms with Crippen molar-refractivity contribution < 1.29 is 19.4 Å². The van der Waals surface area contributed by atoms with Gasteiger partial charge in [0.05, 0.1) is 19.3 Å². The highest BCUT2D eigenvalue weighted by Gasteiger charge is 2.28. The van der Waals surface area contributed by atoms with Gasteiger partial charge in [0.15, 0.2) is 0 Å². The number of carbonyl (C=O) groups excluding carboxylic acids is 2. The first-order valence-electron chi connectivity index (χ1n) is 9.76. The Morgan fingerprint density at radius 2 is 2.12 bits per heavy atom. The minimum atomic E-state index is -0.503. The maximum absolute atomic E-state index is 12.1. The fraction of sp³-hybridized carbons (Fsp3) is 0.714. The predicted molar refractivity (Wildman–Crippen MR) is 102 cm³/mol. The average molecular weight is 363 g/mol. The van der Waals surface area contributed by atoms with E-state index in [4.69, 9.17) is 0 Å². The lowest BCUT2D eigenvalue weighted by Crippen LogP contribution is -2.32. The van der Waals surface area contributed by atoms with Gasteiger partial charge in [0.1, 0.15) is 0 Å². The number of amides is 1. The van der Waals surface area contributed by atoms with Crippen molar-refractivity contribution in [2.75, 3.05) is 13.7 Å². The van der Waals surface area contributed by atoms with Gasteiger partial charge in [0.2, 0.25) is 5.91 Å². The molecule has 2 atom stereocenters. The lowest BCUT2D eigenvalue weighted by Gasteiger charge is -2.22. The number of likely N-dealkylation sites (tertiary alicyclic amines) is 1. The van der Waals surface area contributed by atoms with Crippen LogP contribution in [0.15, 0.2) is 12.2 Å². The van der Waals surface area contributed by atoms with Crippen molar-refractivity contribution in [3.05, 3.63) is 12.2 Å². The minimum Gasteiger partial charge on any atom is -0.469 e. The van der Waals surface area contributed by atoms with Gasteiger partial charge in [0, 0.05) is 32.2 Å². The molecule has 1 rings (SSSR count). The lowest BCUT2D eigenvalue weighted by atomic mass is 10.1. The summed E-state index contributed by atoms with van der Waals surface area (Å²) in [6, 6.07) is 0.0916. The lowest BCUT2D eigenvalue weighted by molar-refractivity contribution is -0.140. The Morgan fingerprint density at radius 3 is 2.85 bits per heavy atom. The van der Waals surface area contributed by atoms with Crippen LogP contribution in [0.3, 0.4) is 0 Å². The molecule has 0 aromatic heterocycles. The molecule has 1 aliphatic rings. The normalized spacial score (nSPS) is 18.0. The molecular formula is C21H33NO4. The summed E-state index contributed by atoms with van der Waals surface area (Å²) in [5.74, 6) is 6.05. The molecule has 1 heterocycles. The molecule has 0 aromatic rings. The van der Waals surface area contributed by atoms with Crippen LogP contribution in [0.5, 0.6) is 0 Å². The zero-order chi connectivity index (χ0) is 19.2. The van der Waals surface area contributed by atoms with Gasteiger partial charge in [-0.15, -0.1) is 11.8 Å². The Labute approximate surface area is 157 Å². The number of unbranched alkanes of at least 4 members (excludes halogenated alkanes) is 3. The van der Waals surface area contributed by atoms with Crippen molar-refractivity contribution in [2.24, 2.45) is 0 Å². The number of hydrogen-bond donors (Lipinski definition) is 1. The largest absolute Gasteiger partial charge is 0.469 e. The first-order chi connectivity index (χ1) is 12.6. The Bertz CT molecular complexity index is 518. The van der Waals surface area contributed by atoms with Crippen molar-refractivity contribution in [2.45, 2.75) is 83.3 Å². The molecule has 26 heavy (non-hydrogen) atoms. The number of esters is 1. The molecule has 1 amide bonds. The number of methoxy groups -OCH3 is 1. The van der Waals surface area contributed by atoms with E-state index in [0.717, 1.165) is 45.1 Å². The summed E-state index contributed by atoms with van der Waals surface area (Å²) in [6.07, 6.45) is 11.0. The molecule has 1 aliphatic heterocycles. The Kier molecular flexibility index (Phi) is 11.5. The number of aliphatic hydroxyl groups is 1. The summed E-state index contributed by atoms with van der Waals surface area (Å²) in [7, 11) is 1.41. The van der Waals surface area contributed by atoms with Crippen molar-refractivity contribution in [3.8, 4) is 11.8 Å². The van der Waals surface area contributed by atoms with Crippen LogP contribution in [0, 0.1) is 11.8 Å². The zero-order valence-electron chi connectivity index (χ0n) is 16.2. The highest BCUT2D eigenvalue weighted by molar-refractivity contribution is 5.79. The smallest absolute Gasteiger partial charge is 0.305 e. The third-order valence-electron chi connectivity index (χ3n) is 4.55. The SMILES string of the molecule is CCC#CCC[C@H](O)/C=C/[C@H]1CCC(=O)N1CCCCCCC(=O)OC. The summed E-state index contributed by atoms with van der Waals surface area (Å²) in [5, 5.41) is 10.0. The number of hydrogen-bond acceptors (Lipinski definition) is 4. The Hall–Kier alpha value is -1.80. The van der Waals surface area contributed by atoms with Crippen molar-refractivity contribution >= 4 is 11.9 Å². The van der Waals surface area contributed by atoms with E-state index in [1.54, 1.807) is 6.08 Å². The Morgan fingerprint density at radius 1 is 1.35 bits per heavy atom. The van der Waals surface area contributed by atoms with Crippen LogP contribution in [0.2, 0.25) is 0 Å². The summed E-state index contributed by atoms with van der Waals surface area (Å²) in [4.78, 5) is 25.0. The molecule has 1 saturated heterocycles. The third-order valence-corrected chi connectivity index (χ3v) is 4.55. The van der Waals surface area contributed by atoms with Crippen LogP contribution in [0.1, 0.15) is 71.1 Å². The van der Waals surface area contributed by atoms with E-state index < -0.39 is 6.10 Å². The number of aliphatic hydroxyl groups excluding tert-OH is 1. The van der Waals surface area contributed by atoms with Crippen molar-refractivity contribution in [3.63, 3.8) is 0 Å². The molecule has 0 bridgehead atoms. The summed E-state index contributed by atoms with van der Waals surface area (Å²) in [5.41, 5.74) is 0. The van der Waals surface area contributed by atoms with Crippen LogP contribution in [0.4, 0.5) is 0 Å². The molecule has 0 unspecified atom stereocenters. The van der Waals surface area contributed by atoms with Gasteiger partial charge in [-0.3, -0.25) is 9.59 Å². The number of ether oxygens (including phenoxy) is 1. The zero-order valence-corrected chi connectivity index (χ0v) is 16.2. The average Bonchev–Trinajstić information content (AvgIpc) is 2.99. The highest BCUT2D eigenvalue weighted by atomic mass is 16.5. The molecule has 1 fully saturated rings. The van der Waals surface area contributed by atoms with E-state index in [0.29, 0.717) is 25.7 Å². The van der Waals surface area contributed by atoms with Crippen LogP contribution in [-0.2, 0) is 14.3 Å². The molecule has 0 radical (unpaired) electrons. The van der Waals surface area contributed by atoms with Crippen molar-refractivity contribution in [1.29, 1.82) is 0 Å². The summed E-state index contributed by atoms with van der Waals surface area (Å²) < 4.78 is 4.62. The molecular weight excluding hydrogens is 330 g/mol. The van der Waals surface area contributed by atoms with Crippen LogP contribution >= 0.6 is 0 Å². The van der Waals surface area contributed by atoms with Gasteiger partial charge in [-0.1, -0.05) is 31.9 Å². The fourth-order valence-corrected chi connectivity index (χ4v) is 3.04. The summed E-state index contributed by atoms with van der Waals surface area (Å²) in [6.45, 7) is 2.75. The minimum absolute atomic E-state index is 0.0916. The van der Waals surface area contributed by atoms with Gasteiger partial charge in [-0.05, 0) is 25.7 Å². The van der Waals surface area contributed by atoms with E-state index in [1.165, 1.54) is 7.11 Å². The molecule has 146 valence electrons. The standard InChI is InChI=1S/C21H33NO4/c1-3-4-5-8-11-19(23)15-13-18-14-16-20(24)22(18)17-10-7-6-9-12-21(25)26-2/h13,15,18-19,23H,3,6-12,14,16-17H2,1-2H3/b15-13+/t18-,19-/m0/s1. The highest BCUT2D eigenvalue weighted by Crippen LogP contribution is 2.21. The fourth-order valence-electron chi connectivity index (χ4n) is 3.04. The van der Waals surface area contributed by atoms with E-state index in [2.05, 4.69) is 16.6 Å². The molecule has 0 spiro atoms. The van der Waals surface area contributed by atoms with Gasteiger partial charge < -0.3 is 14.7 Å². The number of rotatable bonds is 11. The maximum atomic E-state index is 12.1. The molecule has 1 N–H and O–H groups in total. The number of nitrogens with zero attached hydrogens (tertiary/aromatic N) is 1. The van der Waals surface area contributed by atoms with Gasteiger partial charge in [-0.2, -0.15) is 0 Å². The first-order valence-corrected chi connectivity index (χ1v) is 9.76. The predicted octanol–water partition coefficient (Wildman–Crippen LogP) is 3.21. The van der Waals surface area contributed by atoms with E-state index >= 15 is 0 Å². The van der Waals surface area contributed by atoms with Gasteiger partial charge in [-0.25, -0.2) is 0 Å². The van der Waals surface area contributed by atoms with Crippen LogP contribution < -0.4 is 0 Å². The molecule has 0 saturated carbocycles. The second-order valence-electron chi connectivity index (χ2n) is 6.63. The topological polar surface area (TPSA) is 66.8 Å². The van der Waals surface area contributed by atoms with E-state index in [1.807, 2.05) is 17.9 Å². The maximum Gasteiger partial charge on any atom is 0.305 e. The monoisotopic (exact) mass is 363 g/mol. The molecule has 0 aliphatic carbocycles. The quantitative estimate of drug-likeness (QED) is 0.265.